The van der Waals surface area contributed by atoms with E-state index in [1.807, 2.05) is 6.07 Å². The minimum absolute atomic E-state index is 0. The normalized spacial score (nSPS) is 8.31. The van der Waals surface area contributed by atoms with Crippen LogP contribution >= 0.6 is 0 Å². The Morgan fingerprint density at radius 1 is 1.38 bits per heavy atom. The summed E-state index contributed by atoms with van der Waals surface area (Å²) in [6.07, 6.45) is 0.320. The Morgan fingerprint density at radius 3 is 2.54 bits per heavy atom. The summed E-state index contributed by atoms with van der Waals surface area (Å²) in [6.45, 7) is 0. The molecule has 13 heavy (non-hydrogen) atoms. The molecule has 64 valence electrons. The van der Waals surface area contributed by atoms with Gasteiger partial charge in [-0.15, -0.1) is 0 Å². The first kappa shape index (κ1) is 12.4. The third-order valence-electron chi connectivity index (χ3n) is 1.22. The van der Waals surface area contributed by atoms with E-state index < -0.39 is 5.97 Å². The minimum Gasteiger partial charge on any atom is -1.00 e. The Balaban J connectivity index is 0. The van der Waals surface area contributed by atoms with Crippen LogP contribution in [0, 0.1) is 0 Å². The van der Waals surface area contributed by atoms with Crippen LogP contribution in [-0.2, 0) is 9.59 Å². The molecule has 1 aromatic carbocycles. The maximum absolute atomic E-state index is 10.8. The topological polar surface area (TPSA) is 43.4 Å². The van der Waals surface area contributed by atoms with Crippen molar-refractivity contribution in [1.29, 1.82) is 0 Å². The van der Waals surface area contributed by atoms with Crippen LogP contribution in [-0.4, -0.2) is 12.3 Å². The second-order valence-electron chi connectivity index (χ2n) is 2.16. The Bertz CT molecular complexity index is 277. The van der Waals surface area contributed by atoms with Crippen LogP contribution in [0.3, 0.4) is 0 Å². The Morgan fingerprint density at radius 2 is 2.00 bits per heavy atom. The maximum Gasteiger partial charge on any atom is 1.00 e. The summed E-state index contributed by atoms with van der Waals surface area (Å²) in [4.78, 5) is 20.7. The van der Waals surface area contributed by atoms with Crippen molar-refractivity contribution in [3.63, 3.8) is 0 Å². The van der Waals surface area contributed by atoms with E-state index in [0.29, 0.717) is 12.0 Å². The van der Waals surface area contributed by atoms with Gasteiger partial charge in [-0.1, -0.05) is 18.2 Å². The molecular formula is C9H9NaO3. The number of benzene rings is 1. The van der Waals surface area contributed by atoms with E-state index in [9.17, 15) is 9.59 Å². The van der Waals surface area contributed by atoms with Crippen LogP contribution < -0.4 is 34.3 Å². The number of esters is 1. The zero-order valence-electron chi connectivity index (χ0n) is 8.40. The molecule has 0 unspecified atom stereocenters. The molecule has 0 N–H and O–H groups in total. The smallest absolute Gasteiger partial charge is 1.00 e. The summed E-state index contributed by atoms with van der Waals surface area (Å²) >= 11 is 0. The Hall–Kier alpha value is -0.640. The van der Waals surface area contributed by atoms with E-state index in [1.54, 1.807) is 24.3 Å². The van der Waals surface area contributed by atoms with Gasteiger partial charge in [0.2, 0.25) is 0 Å². The molecule has 0 fully saturated rings. The molecule has 0 saturated carbocycles. The first-order chi connectivity index (χ1) is 5.83. The van der Waals surface area contributed by atoms with Crippen LogP contribution in [0.1, 0.15) is 7.85 Å². The number of rotatable bonds is 3. The third-order valence-corrected chi connectivity index (χ3v) is 1.22. The standard InChI is InChI=1S/C9H8O3.Na.H/c10-7-6-9(11)12-8-4-2-1-3-5-8;;/h1-5,7H,6H2;;/q;+1;-1. The van der Waals surface area contributed by atoms with Crippen molar-refractivity contribution >= 4 is 12.3 Å². The van der Waals surface area contributed by atoms with Crippen LogP contribution in [0.5, 0.6) is 5.75 Å². The largest absolute Gasteiger partial charge is 1.00 e. The fourth-order valence-corrected chi connectivity index (χ4v) is 0.730. The first-order valence-corrected chi connectivity index (χ1v) is 3.52. The van der Waals surface area contributed by atoms with Crippen molar-refractivity contribution in [2.45, 2.75) is 6.42 Å². The van der Waals surface area contributed by atoms with Crippen molar-refractivity contribution in [2.75, 3.05) is 0 Å². The molecule has 4 heteroatoms. The second-order valence-corrected chi connectivity index (χ2v) is 2.16. The molecule has 0 spiro atoms. The quantitative estimate of drug-likeness (QED) is 0.187. The summed E-state index contributed by atoms with van der Waals surface area (Å²) in [7, 11) is 0. The average Bonchev–Trinajstić information content (AvgIpc) is 2.06. The van der Waals surface area contributed by atoms with E-state index in [0.717, 1.165) is 0 Å². The van der Waals surface area contributed by atoms with Crippen molar-refractivity contribution < 1.29 is 45.3 Å². The van der Waals surface area contributed by atoms with Gasteiger partial charge in [-0.25, -0.2) is 0 Å². The monoisotopic (exact) mass is 188 g/mol. The zero-order valence-corrected chi connectivity index (χ0v) is 9.40. The molecule has 1 rings (SSSR count). The number of aldehydes is 1. The first-order valence-electron chi connectivity index (χ1n) is 3.52. The van der Waals surface area contributed by atoms with Gasteiger partial charge in [-0.2, -0.15) is 0 Å². The zero-order chi connectivity index (χ0) is 8.81. The summed E-state index contributed by atoms with van der Waals surface area (Å²) < 4.78 is 4.78. The van der Waals surface area contributed by atoms with Gasteiger partial charge < -0.3 is 11.0 Å². The minimum atomic E-state index is -0.531. The van der Waals surface area contributed by atoms with Crippen LogP contribution in [0.2, 0.25) is 0 Å². The predicted octanol–water partition coefficient (Wildman–Crippen LogP) is -1.70. The fourth-order valence-electron chi connectivity index (χ4n) is 0.730. The third kappa shape index (κ3) is 4.83. The molecule has 0 aliphatic heterocycles. The SMILES string of the molecule is O=CCC(=O)Oc1ccccc1.[H-].[Na+]. The maximum atomic E-state index is 10.8. The van der Waals surface area contributed by atoms with Crippen molar-refractivity contribution in [1.82, 2.24) is 0 Å². The Kier molecular flexibility index (Phi) is 6.49. The van der Waals surface area contributed by atoms with Crippen molar-refractivity contribution in [3.05, 3.63) is 30.3 Å². The number of ether oxygens (including phenoxy) is 1. The van der Waals surface area contributed by atoms with Gasteiger partial charge in [0.25, 0.3) is 0 Å². The van der Waals surface area contributed by atoms with Crippen molar-refractivity contribution in [2.24, 2.45) is 0 Å². The molecular weight excluding hydrogens is 179 g/mol. The van der Waals surface area contributed by atoms with Gasteiger partial charge in [0.1, 0.15) is 18.5 Å². The van der Waals surface area contributed by atoms with E-state index >= 15 is 0 Å². The fraction of sp³-hybridized carbons (Fsp3) is 0.111. The van der Waals surface area contributed by atoms with E-state index in [2.05, 4.69) is 0 Å². The van der Waals surface area contributed by atoms with Crippen LogP contribution in [0.15, 0.2) is 30.3 Å². The number of carbonyl (C=O) groups excluding carboxylic acids is 2. The van der Waals surface area contributed by atoms with Crippen molar-refractivity contribution in [3.8, 4) is 5.75 Å². The average molecular weight is 188 g/mol. The number of hydrogen-bond acceptors (Lipinski definition) is 3. The summed E-state index contributed by atoms with van der Waals surface area (Å²) in [6, 6.07) is 8.63. The van der Waals surface area contributed by atoms with E-state index in [1.165, 1.54) is 0 Å². The van der Waals surface area contributed by atoms with Gasteiger partial charge in [-0.05, 0) is 12.1 Å². The Labute approximate surface area is 99.9 Å². The second kappa shape index (κ2) is 6.83. The van der Waals surface area contributed by atoms with Gasteiger partial charge >= 0.3 is 35.5 Å². The number of hydrogen-bond donors (Lipinski definition) is 0. The summed E-state index contributed by atoms with van der Waals surface area (Å²) in [5.41, 5.74) is 0. The van der Waals surface area contributed by atoms with E-state index in [4.69, 9.17) is 4.74 Å². The van der Waals surface area contributed by atoms with Gasteiger partial charge in [0.15, 0.2) is 0 Å². The molecule has 0 atom stereocenters. The molecule has 0 aliphatic rings. The van der Waals surface area contributed by atoms with Gasteiger partial charge in [-0.3, -0.25) is 4.79 Å². The molecule has 1 aromatic rings. The molecule has 0 aliphatic carbocycles. The summed E-state index contributed by atoms with van der Waals surface area (Å²) in [5.74, 6) is -0.0689. The van der Waals surface area contributed by atoms with Crippen LogP contribution in [0.25, 0.3) is 0 Å². The molecule has 0 amide bonds. The molecule has 0 radical (unpaired) electrons. The molecule has 0 aromatic heterocycles. The molecule has 3 nitrogen and oxygen atoms in total. The molecule has 0 heterocycles. The number of carbonyl (C=O) groups is 2. The predicted molar refractivity (Wildman–Crippen MR) is 43.9 cm³/mol. The molecule has 0 bridgehead atoms. The summed E-state index contributed by atoms with van der Waals surface area (Å²) in [5, 5.41) is 0. The molecule has 0 saturated heterocycles. The van der Waals surface area contributed by atoms with Gasteiger partial charge in [0, 0.05) is 0 Å². The van der Waals surface area contributed by atoms with Crippen LogP contribution in [0.4, 0.5) is 0 Å². The number of para-hydroxylation sites is 1. The van der Waals surface area contributed by atoms with E-state index in [-0.39, 0.29) is 37.4 Å². The van der Waals surface area contributed by atoms with Gasteiger partial charge in [0.05, 0.1) is 0 Å².